The number of aryl methyl sites for hydroxylation is 1. The highest BCUT2D eigenvalue weighted by molar-refractivity contribution is 5.94. The third-order valence-electron chi connectivity index (χ3n) is 4.34. The first-order valence-corrected chi connectivity index (χ1v) is 8.41. The largest absolute Gasteiger partial charge is 0.573 e. The van der Waals surface area contributed by atoms with Gasteiger partial charge in [-0.05, 0) is 48.7 Å². The van der Waals surface area contributed by atoms with Crippen molar-refractivity contribution in [2.75, 3.05) is 11.4 Å². The zero-order valence-corrected chi connectivity index (χ0v) is 14.7. The van der Waals surface area contributed by atoms with E-state index in [1.165, 1.54) is 17.0 Å². The van der Waals surface area contributed by atoms with Gasteiger partial charge in [-0.25, -0.2) is 0 Å². The van der Waals surface area contributed by atoms with Crippen molar-refractivity contribution in [3.63, 3.8) is 0 Å². The molecule has 2 heterocycles. The Morgan fingerprint density at radius 1 is 1.10 bits per heavy atom. The van der Waals surface area contributed by atoms with Gasteiger partial charge < -0.3 is 14.2 Å². The first kappa shape index (κ1) is 20.7. The van der Waals surface area contributed by atoms with Crippen LogP contribution < -0.4 is 15.2 Å². The molecule has 0 fully saturated rings. The molecule has 29 heavy (non-hydrogen) atoms. The van der Waals surface area contributed by atoms with E-state index in [1.54, 1.807) is 0 Å². The number of hydrogen-bond donors (Lipinski definition) is 0. The molecule has 0 saturated carbocycles. The van der Waals surface area contributed by atoms with E-state index in [0.717, 1.165) is 18.3 Å². The number of rotatable bonds is 3. The Hall–Kier alpha value is -2.98. The predicted octanol–water partition coefficient (Wildman–Crippen LogP) is 3.75. The first-order chi connectivity index (χ1) is 13.5. The molecule has 0 aliphatic carbocycles. The van der Waals surface area contributed by atoms with Crippen molar-refractivity contribution in [3.05, 3.63) is 58.0 Å². The summed E-state index contributed by atoms with van der Waals surface area (Å²) in [6.07, 6.45) is -7.80. The number of fused-ring (bicyclic) bond motifs is 1. The van der Waals surface area contributed by atoms with E-state index in [2.05, 4.69) is 4.74 Å². The van der Waals surface area contributed by atoms with Crippen molar-refractivity contribution in [2.24, 2.45) is 0 Å². The van der Waals surface area contributed by atoms with Crippen LogP contribution in [0.4, 0.5) is 32.0 Å². The Labute approximate surface area is 160 Å². The van der Waals surface area contributed by atoms with E-state index >= 15 is 0 Å². The third-order valence-corrected chi connectivity index (χ3v) is 4.34. The molecule has 156 valence electrons. The zero-order valence-electron chi connectivity index (χ0n) is 14.7. The molecular weight excluding hydrogens is 406 g/mol. The number of alkyl halides is 6. The van der Waals surface area contributed by atoms with Crippen LogP contribution in [-0.4, -0.2) is 23.4 Å². The summed E-state index contributed by atoms with van der Waals surface area (Å²) >= 11 is 0. The van der Waals surface area contributed by atoms with Crippen LogP contribution >= 0.6 is 0 Å². The van der Waals surface area contributed by atoms with Gasteiger partial charge in [-0.1, -0.05) is 0 Å². The Balaban J connectivity index is 1.85. The molecule has 3 rings (SSSR count). The van der Waals surface area contributed by atoms with Crippen molar-refractivity contribution >= 4 is 11.6 Å². The second kappa shape index (κ2) is 7.45. The van der Waals surface area contributed by atoms with Crippen LogP contribution in [0.15, 0.2) is 41.3 Å². The molecule has 1 aliphatic rings. The lowest BCUT2D eigenvalue weighted by atomic mass is 10.0. The fourth-order valence-electron chi connectivity index (χ4n) is 3.14. The number of ether oxygens (including phenoxy) is 1. The highest BCUT2D eigenvalue weighted by Crippen LogP contribution is 2.33. The van der Waals surface area contributed by atoms with Crippen LogP contribution in [0.1, 0.15) is 17.5 Å². The average Bonchev–Trinajstić information content (AvgIpc) is 2.60. The maximum Gasteiger partial charge on any atom is 0.573 e. The van der Waals surface area contributed by atoms with Crippen molar-refractivity contribution in [2.45, 2.75) is 31.9 Å². The lowest BCUT2D eigenvalue weighted by Crippen LogP contribution is -2.40. The molecule has 0 saturated heterocycles. The monoisotopic (exact) mass is 420 g/mol. The molecule has 0 atom stereocenters. The molecule has 0 radical (unpaired) electrons. The van der Waals surface area contributed by atoms with Gasteiger partial charge in [-0.2, -0.15) is 13.2 Å². The lowest BCUT2D eigenvalue weighted by Gasteiger charge is -2.30. The van der Waals surface area contributed by atoms with Gasteiger partial charge in [0, 0.05) is 18.4 Å². The molecule has 11 heteroatoms. The van der Waals surface area contributed by atoms with E-state index in [0.29, 0.717) is 34.7 Å². The van der Waals surface area contributed by atoms with Crippen molar-refractivity contribution in [1.29, 1.82) is 0 Å². The topological polar surface area (TPSA) is 51.5 Å². The van der Waals surface area contributed by atoms with Gasteiger partial charge in [0.25, 0.3) is 5.56 Å². The van der Waals surface area contributed by atoms with Crippen molar-refractivity contribution in [1.82, 2.24) is 4.57 Å². The quantitative estimate of drug-likeness (QED) is 0.711. The van der Waals surface area contributed by atoms with Gasteiger partial charge in [0.15, 0.2) is 0 Å². The maximum atomic E-state index is 12.9. The summed E-state index contributed by atoms with van der Waals surface area (Å²) in [5.41, 5.74) is -1.97. The third kappa shape index (κ3) is 4.72. The number of carbonyl (C=O) groups excluding carboxylic acids is 1. The first-order valence-electron chi connectivity index (χ1n) is 8.41. The van der Waals surface area contributed by atoms with E-state index in [4.69, 9.17) is 0 Å². The van der Waals surface area contributed by atoms with Crippen LogP contribution in [0.25, 0.3) is 0 Å². The summed E-state index contributed by atoms with van der Waals surface area (Å²) < 4.78 is 80.3. The molecule has 0 unspecified atom stereocenters. The number of nitrogens with zero attached hydrogens (tertiary/aromatic N) is 2. The molecule has 1 aromatic heterocycles. The highest BCUT2D eigenvalue weighted by atomic mass is 19.4. The van der Waals surface area contributed by atoms with Crippen LogP contribution in [0.2, 0.25) is 0 Å². The summed E-state index contributed by atoms with van der Waals surface area (Å²) in [5.74, 6) is -1.09. The van der Waals surface area contributed by atoms with E-state index in [1.807, 2.05) is 0 Å². The number of benzene rings is 1. The number of halogens is 6. The van der Waals surface area contributed by atoms with E-state index < -0.39 is 41.9 Å². The number of carbonyl (C=O) groups is 1. The van der Waals surface area contributed by atoms with Gasteiger partial charge in [0.2, 0.25) is 5.91 Å². The van der Waals surface area contributed by atoms with Crippen molar-refractivity contribution < 1.29 is 35.9 Å². The second-order valence-electron chi connectivity index (χ2n) is 6.34. The van der Waals surface area contributed by atoms with Crippen LogP contribution in [0.3, 0.4) is 0 Å². The second-order valence-corrected chi connectivity index (χ2v) is 6.34. The number of hydrogen-bond acceptors (Lipinski definition) is 3. The molecule has 5 nitrogen and oxygen atoms in total. The number of aromatic nitrogens is 1. The molecule has 2 aromatic rings. The molecule has 0 bridgehead atoms. The van der Waals surface area contributed by atoms with Crippen molar-refractivity contribution in [3.8, 4) is 5.75 Å². The normalized spacial score (nSPS) is 14.5. The summed E-state index contributed by atoms with van der Waals surface area (Å²) in [4.78, 5) is 25.9. The van der Waals surface area contributed by atoms with Gasteiger partial charge in [-0.15, -0.1) is 13.2 Å². The Kier molecular flexibility index (Phi) is 5.33. The fraction of sp³-hybridized carbons (Fsp3) is 0.333. The van der Waals surface area contributed by atoms with Crippen LogP contribution in [0.5, 0.6) is 5.75 Å². The summed E-state index contributed by atoms with van der Waals surface area (Å²) in [7, 11) is 0. The maximum absolute atomic E-state index is 12.9. The summed E-state index contributed by atoms with van der Waals surface area (Å²) in [6.45, 7) is -0.415. The smallest absolute Gasteiger partial charge is 0.406 e. The molecule has 0 N–H and O–H groups in total. The SMILES string of the molecule is O=C(Cn1cccc(C(F)(F)F)c1=O)N1CCCc2cc(OC(F)(F)F)ccc21. The Bertz CT molecular complexity index is 981. The Morgan fingerprint density at radius 2 is 1.83 bits per heavy atom. The lowest BCUT2D eigenvalue weighted by molar-refractivity contribution is -0.274. The van der Waals surface area contributed by atoms with Crippen LogP contribution in [-0.2, 0) is 23.9 Å². The molecule has 0 spiro atoms. The van der Waals surface area contributed by atoms with Gasteiger partial charge in [0.05, 0.1) is 0 Å². The summed E-state index contributed by atoms with van der Waals surface area (Å²) in [6, 6.07) is 5.14. The average molecular weight is 420 g/mol. The molecular formula is C18H14F6N2O3. The summed E-state index contributed by atoms with van der Waals surface area (Å²) in [5, 5.41) is 0. The van der Waals surface area contributed by atoms with E-state index in [9.17, 15) is 35.9 Å². The molecule has 1 aromatic carbocycles. The predicted molar refractivity (Wildman–Crippen MR) is 89.5 cm³/mol. The minimum atomic E-state index is -4.86. The number of pyridine rings is 1. The van der Waals surface area contributed by atoms with Gasteiger partial charge >= 0.3 is 12.5 Å². The minimum absolute atomic E-state index is 0.221. The van der Waals surface area contributed by atoms with Gasteiger partial charge in [-0.3, -0.25) is 9.59 Å². The van der Waals surface area contributed by atoms with Gasteiger partial charge in [0.1, 0.15) is 17.9 Å². The molecule has 1 amide bonds. The fourth-order valence-corrected chi connectivity index (χ4v) is 3.14. The highest BCUT2D eigenvalue weighted by Gasteiger charge is 2.35. The standard InChI is InChI=1S/C18H14F6N2O3/c19-17(20,21)13-4-2-7-25(16(13)28)10-15(27)26-8-1-3-11-9-12(5-6-14(11)26)29-18(22,23)24/h2,4-7,9H,1,3,8,10H2. The molecule has 1 aliphatic heterocycles. The zero-order chi connectivity index (χ0) is 21.4. The minimum Gasteiger partial charge on any atom is -0.406 e. The van der Waals surface area contributed by atoms with Crippen LogP contribution in [0, 0.1) is 0 Å². The van der Waals surface area contributed by atoms with E-state index in [-0.39, 0.29) is 6.54 Å². The number of anilines is 1. The Morgan fingerprint density at radius 3 is 2.48 bits per heavy atom. The number of amides is 1.